The third-order valence-electron chi connectivity index (χ3n) is 3.05. The highest BCUT2D eigenvalue weighted by Crippen LogP contribution is 1.87. The first-order valence-electron chi connectivity index (χ1n) is 5.80. The van der Waals surface area contributed by atoms with Gasteiger partial charge in [0.2, 0.25) is 0 Å². The van der Waals surface area contributed by atoms with Crippen LogP contribution < -0.4 is 9.80 Å². The number of hydrogen-bond donors (Lipinski definition) is 4. The maximum atomic E-state index is 10.5. The molecular weight excluding hydrogens is 248 g/mol. The standard InChI is InChI=1S/C9H20N2O5S/c12-6-5-10-1-3-11(4-2-10)7-9(13)8-17(14,15)16/h9,12-13H,1-8H2,(H,14,15,16)/p+1/t9-/m0/s1. The fourth-order valence-corrected chi connectivity index (χ4v) is 2.79. The third-order valence-corrected chi connectivity index (χ3v) is 3.84. The maximum Gasteiger partial charge on any atom is 0.127 e. The minimum atomic E-state index is -4.35. The zero-order valence-electron chi connectivity index (χ0n) is 9.76. The molecular formula is C9H21N2O5S+. The predicted molar refractivity (Wildman–Crippen MR) is 58.8 cm³/mol. The van der Waals surface area contributed by atoms with Gasteiger partial charge in [-0.1, -0.05) is 0 Å². The molecule has 102 valence electrons. The van der Waals surface area contributed by atoms with Crippen LogP contribution in [0.1, 0.15) is 0 Å². The van der Waals surface area contributed by atoms with Gasteiger partial charge in [0.1, 0.15) is 45.4 Å². The van der Waals surface area contributed by atoms with Gasteiger partial charge in [0.15, 0.2) is 0 Å². The number of piperazine rings is 1. The summed E-state index contributed by atoms with van der Waals surface area (Å²) >= 11 is 0. The lowest BCUT2D eigenvalue weighted by Crippen LogP contribution is -3.28. The highest BCUT2D eigenvalue weighted by atomic mass is 32.2. The van der Waals surface area contributed by atoms with E-state index in [1.165, 1.54) is 4.90 Å². The fraction of sp³-hybridized carbons (Fsp3) is 1.00. The van der Waals surface area contributed by atoms with E-state index < -0.39 is 22.0 Å². The second kappa shape index (κ2) is 6.62. The van der Waals surface area contributed by atoms with Gasteiger partial charge in [0, 0.05) is 0 Å². The first-order valence-corrected chi connectivity index (χ1v) is 7.38. The Morgan fingerprint density at radius 3 is 2.18 bits per heavy atom. The molecule has 0 aromatic carbocycles. The molecule has 17 heavy (non-hydrogen) atoms. The Hall–Kier alpha value is -0.250. The highest BCUT2D eigenvalue weighted by molar-refractivity contribution is 7.85. The molecule has 0 amide bonds. The molecule has 1 saturated heterocycles. The molecule has 0 aromatic rings. The van der Waals surface area contributed by atoms with Crippen molar-refractivity contribution in [2.45, 2.75) is 6.10 Å². The van der Waals surface area contributed by atoms with Crippen molar-refractivity contribution in [1.82, 2.24) is 0 Å². The molecule has 1 heterocycles. The molecule has 7 nitrogen and oxygen atoms in total. The van der Waals surface area contributed by atoms with E-state index in [0.717, 1.165) is 37.6 Å². The summed E-state index contributed by atoms with van der Waals surface area (Å²) in [5, 5.41) is 18.2. The van der Waals surface area contributed by atoms with E-state index in [4.69, 9.17) is 5.11 Å². The monoisotopic (exact) mass is 269 g/mol. The van der Waals surface area contributed by atoms with Crippen molar-refractivity contribution in [3.8, 4) is 0 Å². The van der Waals surface area contributed by atoms with Gasteiger partial charge >= 0.3 is 0 Å². The zero-order valence-corrected chi connectivity index (χ0v) is 10.6. The van der Waals surface area contributed by atoms with Crippen LogP contribution in [0, 0.1) is 0 Å². The number of hydrogen-bond acceptors (Lipinski definition) is 5. The molecule has 4 N–H and O–H groups in total. The van der Waals surface area contributed by atoms with Crippen LogP contribution in [0.4, 0.5) is 0 Å². The van der Waals surface area contributed by atoms with E-state index in [1.807, 2.05) is 0 Å². The Balaban J connectivity index is 2.26. The van der Waals surface area contributed by atoms with Crippen LogP contribution >= 0.6 is 0 Å². The van der Waals surface area contributed by atoms with Crippen LogP contribution in [0.2, 0.25) is 0 Å². The summed E-state index contributed by atoms with van der Waals surface area (Å²) in [5.74, 6) is -0.705. The maximum absolute atomic E-state index is 10.5. The summed E-state index contributed by atoms with van der Waals surface area (Å²) in [7, 11) is -4.35. The minimum absolute atomic E-state index is 0.168. The molecule has 1 rings (SSSR count). The topological polar surface area (TPSA) is 107 Å². The summed E-state index contributed by atoms with van der Waals surface area (Å²) in [6.45, 7) is 4.64. The second-order valence-electron chi connectivity index (χ2n) is 4.56. The first-order chi connectivity index (χ1) is 7.90. The normalized spacial score (nSPS) is 27.9. The van der Waals surface area contributed by atoms with Crippen LogP contribution in [0.3, 0.4) is 0 Å². The van der Waals surface area contributed by atoms with Crippen molar-refractivity contribution in [2.75, 3.05) is 51.6 Å². The van der Waals surface area contributed by atoms with E-state index in [2.05, 4.69) is 0 Å². The van der Waals surface area contributed by atoms with Gasteiger partial charge in [0.25, 0.3) is 0 Å². The van der Waals surface area contributed by atoms with Crippen molar-refractivity contribution in [2.24, 2.45) is 0 Å². The lowest BCUT2D eigenvalue weighted by Gasteiger charge is -2.30. The molecule has 0 bridgehead atoms. The van der Waals surface area contributed by atoms with Crippen LogP contribution in [0.5, 0.6) is 0 Å². The number of quaternary nitrogens is 2. The summed E-state index contributed by atoms with van der Waals surface area (Å²) in [5.41, 5.74) is 0. The van der Waals surface area contributed by atoms with E-state index in [-0.39, 0.29) is 6.61 Å². The van der Waals surface area contributed by atoms with Gasteiger partial charge in [-0.15, -0.1) is 0 Å². The van der Waals surface area contributed by atoms with Crippen LogP contribution in [0.25, 0.3) is 0 Å². The Bertz CT molecular complexity index is 313. The Labute approximate surface area is 101 Å². The van der Waals surface area contributed by atoms with E-state index in [1.54, 1.807) is 0 Å². The van der Waals surface area contributed by atoms with Crippen LogP contribution in [0.15, 0.2) is 0 Å². The molecule has 8 heteroatoms. The summed E-state index contributed by atoms with van der Waals surface area (Å²) in [6, 6.07) is 0. The smallest absolute Gasteiger partial charge is 0.127 e. The van der Waals surface area contributed by atoms with Crippen molar-refractivity contribution in [3.05, 3.63) is 0 Å². The third kappa shape index (κ3) is 6.29. The molecule has 0 aromatic heterocycles. The largest absolute Gasteiger partial charge is 0.748 e. The van der Waals surface area contributed by atoms with Gasteiger partial charge in [-0.3, -0.25) is 0 Å². The minimum Gasteiger partial charge on any atom is -0.748 e. The predicted octanol–water partition coefficient (Wildman–Crippen LogP) is -5.33. The average Bonchev–Trinajstić information content (AvgIpc) is 2.18. The van der Waals surface area contributed by atoms with Gasteiger partial charge in [-0.2, -0.15) is 0 Å². The molecule has 1 aliphatic rings. The Morgan fingerprint density at radius 1 is 1.18 bits per heavy atom. The van der Waals surface area contributed by atoms with Gasteiger partial charge in [0.05, 0.1) is 22.5 Å². The van der Waals surface area contributed by atoms with E-state index >= 15 is 0 Å². The lowest BCUT2D eigenvalue weighted by atomic mass is 10.3. The molecule has 1 atom stereocenters. The summed E-state index contributed by atoms with van der Waals surface area (Å²) in [6.07, 6.45) is -1.08. The summed E-state index contributed by atoms with van der Waals surface area (Å²) < 4.78 is 31.4. The Morgan fingerprint density at radius 2 is 1.71 bits per heavy atom. The van der Waals surface area contributed by atoms with E-state index in [9.17, 15) is 18.1 Å². The lowest BCUT2D eigenvalue weighted by molar-refractivity contribution is -1.01. The number of aliphatic hydroxyl groups is 2. The number of aliphatic hydroxyl groups excluding tert-OH is 2. The fourth-order valence-electron chi connectivity index (χ4n) is 2.20. The molecule has 0 unspecified atom stereocenters. The molecule has 0 radical (unpaired) electrons. The molecule has 0 saturated carbocycles. The number of rotatable bonds is 6. The molecule has 0 aliphatic carbocycles. The van der Waals surface area contributed by atoms with Crippen molar-refractivity contribution in [3.63, 3.8) is 0 Å². The van der Waals surface area contributed by atoms with Gasteiger partial charge in [-0.25, -0.2) is 8.42 Å². The van der Waals surface area contributed by atoms with Crippen LogP contribution in [-0.4, -0.2) is 80.9 Å². The quantitative estimate of drug-likeness (QED) is 0.360. The summed E-state index contributed by atoms with van der Waals surface area (Å²) in [4.78, 5) is 2.44. The van der Waals surface area contributed by atoms with Crippen LogP contribution in [-0.2, 0) is 10.1 Å². The van der Waals surface area contributed by atoms with Gasteiger partial charge in [-0.05, 0) is 0 Å². The molecule has 1 fully saturated rings. The van der Waals surface area contributed by atoms with Crippen molar-refractivity contribution < 1.29 is 33.0 Å². The Kier molecular flexibility index (Phi) is 5.77. The number of nitrogens with one attached hydrogen (secondary N) is 2. The van der Waals surface area contributed by atoms with E-state index in [0.29, 0.717) is 6.54 Å². The zero-order chi connectivity index (χ0) is 12.9. The molecule has 1 aliphatic heterocycles. The average molecular weight is 269 g/mol. The van der Waals surface area contributed by atoms with Crippen molar-refractivity contribution in [1.29, 1.82) is 0 Å². The van der Waals surface area contributed by atoms with Crippen molar-refractivity contribution >= 4 is 10.1 Å². The highest BCUT2D eigenvalue weighted by Gasteiger charge is 2.24. The SMILES string of the molecule is O=S(=O)([O-])C[C@@H](O)C[NH+]1CC[NH+](CCO)CC1. The second-order valence-corrected chi connectivity index (χ2v) is 6.00. The van der Waals surface area contributed by atoms with Gasteiger partial charge < -0.3 is 24.6 Å². The first kappa shape index (κ1) is 14.8. The molecule has 0 spiro atoms.